The minimum atomic E-state index is -3.11. The molecule has 0 spiro atoms. The molecule has 8 heteroatoms. The summed E-state index contributed by atoms with van der Waals surface area (Å²) in [5.41, 5.74) is 0.825. The zero-order valence-corrected chi connectivity index (χ0v) is 17.0. The summed E-state index contributed by atoms with van der Waals surface area (Å²) in [5.74, 6) is 1.37. The van der Waals surface area contributed by atoms with Crippen LogP contribution in [0.1, 0.15) is 18.9 Å². The van der Waals surface area contributed by atoms with Gasteiger partial charge in [0.25, 0.3) is 0 Å². The summed E-state index contributed by atoms with van der Waals surface area (Å²) >= 11 is 0. The maximum atomic E-state index is 13.0. The van der Waals surface area contributed by atoms with Gasteiger partial charge in [-0.15, -0.1) is 0 Å². The zero-order chi connectivity index (χ0) is 19.6. The van der Waals surface area contributed by atoms with Gasteiger partial charge in [0.05, 0.1) is 38.2 Å². The van der Waals surface area contributed by atoms with E-state index < -0.39 is 9.84 Å². The van der Waals surface area contributed by atoms with Crippen molar-refractivity contribution in [1.82, 2.24) is 9.80 Å². The van der Waals surface area contributed by atoms with Crippen LogP contribution in [0.4, 0.5) is 0 Å². The molecule has 2 heterocycles. The number of fused-ring (bicyclic) bond motifs is 1. The Morgan fingerprint density at radius 1 is 1.11 bits per heavy atom. The smallest absolute Gasteiger partial charge is 0.227 e. The molecule has 1 amide bonds. The van der Waals surface area contributed by atoms with E-state index in [4.69, 9.17) is 9.47 Å². The largest absolute Gasteiger partial charge is 0.493 e. The topological polar surface area (TPSA) is 76.2 Å². The van der Waals surface area contributed by atoms with E-state index in [1.807, 2.05) is 6.07 Å². The predicted octanol–water partition coefficient (Wildman–Crippen LogP) is 0.966. The quantitative estimate of drug-likeness (QED) is 0.713. The molecule has 1 aromatic rings. The Balaban J connectivity index is 1.77. The van der Waals surface area contributed by atoms with Gasteiger partial charge in [0, 0.05) is 19.1 Å². The van der Waals surface area contributed by atoms with Gasteiger partial charge >= 0.3 is 0 Å². The Hall–Kier alpha value is -1.80. The van der Waals surface area contributed by atoms with E-state index in [-0.39, 0.29) is 35.9 Å². The van der Waals surface area contributed by atoms with E-state index >= 15 is 0 Å². The Labute approximate surface area is 161 Å². The number of carbonyl (C=O) groups excluding carboxylic acids is 1. The van der Waals surface area contributed by atoms with Gasteiger partial charge in [0.15, 0.2) is 21.3 Å². The normalized spacial score (nSPS) is 24.5. The second-order valence-electron chi connectivity index (χ2n) is 7.20. The fourth-order valence-electron chi connectivity index (χ4n) is 4.17. The lowest BCUT2D eigenvalue weighted by atomic mass is 10.0. The van der Waals surface area contributed by atoms with Crippen LogP contribution in [0.15, 0.2) is 18.2 Å². The minimum Gasteiger partial charge on any atom is -0.493 e. The third-order valence-electron chi connectivity index (χ3n) is 5.43. The van der Waals surface area contributed by atoms with Gasteiger partial charge < -0.3 is 14.4 Å². The Morgan fingerprint density at radius 3 is 2.48 bits per heavy atom. The van der Waals surface area contributed by atoms with E-state index in [9.17, 15) is 13.2 Å². The Bertz CT molecular complexity index is 795. The van der Waals surface area contributed by atoms with Crippen molar-refractivity contribution in [3.05, 3.63) is 23.8 Å². The van der Waals surface area contributed by atoms with Crippen molar-refractivity contribution in [2.75, 3.05) is 45.4 Å². The van der Waals surface area contributed by atoms with Crippen molar-refractivity contribution in [3.8, 4) is 11.5 Å². The summed E-state index contributed by atoms with van der Waals surface area (Å²) in [6, 6.07) is 5.09. The van der Waals surface area contributed by atoms with E-state index in [2.05, 4.69) is 11.8 Å². The first kappa shape index (κ1) is 19.9. The Kier molecular flexibility index (Phi) is 5.95. The molecule has 7 nitrogen and oxygen atoms in total. The van der Waals surface area contributed by atoms with Crippen molar-refractivity contribution in [2.45, 2.75) is 31.8 Å². The van der Waals surface area contributed by atoms with Crippen molar-refractivity contribution >= 4 is 15.7 Å². The molecule has 2 atom stereocenters. The van der Waals surface area contributed by atoms with Gasteiger partial charge in [0.1, 0.15) is 0 Å². The number of ether oxygens (including phenoxy) is 2. The summed E-state index contributed by atoms with van der Waals surface area (Å²) < 4.78 is 35.0. The number of rotatable bonds is 6. The summed E-state index contributed by atoms with van der Waals surface area (Å²) in [5, 5.41) is 0. The number of hydrogen-bond donors (Lipinski definition) is 0. The number of nitrogens with zero attached hydrogens (tertiary/aromatic N) is 2. The molecule has 0 radical (unpaired) electrons. The first-order chi connectivity index (χ1) is 12.9. The van der Waals surface area contributed by atoms with E-state index in [1.165, 1.54) is 0 Å². The average Bonchev–Trinajstić information content (AvgIpc) is 2.97. The van der Waals surface area contributed by atoms with Crippen LogP contribution in [0.2, 0.25) is 0 Å². The van der Waals surface area contributed by atoms with Crippen molar-refractivity contribution < 1.29 is 22.7 Å². The molecule has 27 heavy (non-hydrogen) atoms. The zero-order valence-electron chi connectivity index (χ0n) is 16.2. The number of carbonyl (C=O) groups is 1. The highest BCUT2D eigenvalue weighted by Crippen LogP contribution is 2.30. The first-order valence-electron chi connectivity index (χ1n) is 9.33. The van der Waals surface area contributed by atoms with Gasteiger partial charge in [-0.1, -0.05) is 13.0 Å². The highest BCUT2D eigenvalue weighted by atomic mass is 32.2. The van der Waals surface area contributed by atoms with Crippen LogP contribution in [0, 0.1) is 0 Å². The van der Waals surface area contributed by atoms with Gasteiger partial charge in [0.2, 0.25) is 5.91 Å². The molecule has 0 bridgehead atoms. The maximum absolute atomic E-state index is 13.0. The van der Waals surface area contributed by atoms with Gasteiger partial charge in [-0.3, -0.25) is 9.69 Å². The number of piperazine rings is 1. The second-order valence-corrected chi connectivity index (χ2v) is 9.35. The molecule has 150 valence electrons. The monoisotopic (exact) mass is 396 g/mol. The molecule has 0 aromatic heterocycles. The van der Waals surface area contributed by atoms with Crippen LogP contribution in [0.3, 0.4) is 0 Å². The molecular formula is C19H28N2O5S. The fourth-order valence-corrected chi connectivity index (χ4v) is 6.18. The second kappa shape index (κ2) is 8.06. The first-order valence-corrected chi connectivity index (χ1v) is 11.2. The number of benzene rings is 1. The van der Waals surface area contributed by atoms with Crippen LogP contribution in [0.5, 0.6) is 11.5 Å². The number of methoxy groups -OCH3 is 2. The van der Waals surface area contributed by atoms with Gasteiger partial charge in [-0.05, 0) is 30.7 Å². The lowest BCUT2D eigenvalue weighted by molar-refractivity contribution is -0.136. The van der Waals surface area contributed by atoms with E-state index in [0.717, 1.165) is 25.1 Å². The molecule has 2 aliphatic rings. The molecular weight excluding hydrogens is 368 g/mol. The lowest BCUT2D eigenvalue weighted by Crippen LogP contribution is -2.60. The maximum Gasteiger partial charge on any atom is 0.227 e. The third-order valence-corrected chi connectivity index (χ3v) is 7.12. The van der Waals surface area contributed by atoms with E-state index in [0.29, 0.717) is 18.0 Å². The predicted molar refractivity (Wildman–Crippen MR) is 103 cm³/mol. The summed E-state index contributed by atoms with van der Waals surface area (Å²) in [4.78, 5) is 17.0. The van der Waals surface area contributed by atoms with Crippen LogP contribution in [0.25, 0.3) is 0 Å². The van der Waals surface area contributed by atoms with Crippen molar-refractivity contribution in [2.24, 2.45) is 0 Å². The molecule has 1 aromatic carbocycles. The molecule has 0 aliphatic carbocycles. The van der Waals surface area contributed by atoms with Gasteiger partial charge in [-0.25, -0.2) is 8.42 Å². The SMILES string of the molecule is CCCN1CCN(C(=O)Cc2ccc(OC)c(OC)c2)[C@@H]2CS(=O)(=O)C[C@@H]21. The molecule has 2 fully saturated rings. The molecule has 0 N–H and O–H groups in total. The molecule has 0 unspecified atom stereocenters. The van der Waals surface area contributed by atoms with Crippen LogP contribution < -0.4 is 9.47 Å². The molecule has 2 aliphatic heterocycles. The third kappa shape index (κ3) is 4.21. The van der Waals surface area contributed by atoms with E-state index in [1.54, 1.807) is 31.3 Å². The average molecular weight is 397 g/mol. The van der Waals surface area contributed by atoms with Gasteiger partial charge in [-0.2, -0.15) is 0 Å². The lowest BCUT2D eigenvalue weighted by Gasteiger charge is -2.44. The van der Waals surface area contributed by atoms with Crippen LogP contribution in [-0.2, 0) is 21.1 Å². The molecule has 3 rings (SSSR count). The standard InChI is InChI=1S/C19H28N2O5S/c1-4-7-20-8-9-21(16-13-27(23,24)12-15(16)20)19(22)11-14-5-6-17(25-2)18(10-14)26-3/h5-6,10,15-16H,4,7-9,11-13H2,1-3H3/t15-,16+/m0/s1. The number of sulfone groups is 1. The van der Waals surface area contributed by atoms with Crippen molar-refractivity contribution in [1.29, 1.82) is 0 Å². The van der Waals surface area contributed by atoms with Crippen LogP contribution >= 0.6 is 0 Å². The minimum absolute atomic E-state index is 0.0366. The summed E-state index contributed by atoms with van der Waals surface area (Å²) in [6.45, 7) is 4.26. The van der Waals surface area contributed by atoms with Crippen LogP contribution in [-0.4, -0.2) is 81.6 Å². The molecule has 2 saturated heterocycles. The number of hydrogen-bond acceptors (Lipinski definition) is 6. The summed E-state index contributed by atoms with van der Waals surface area (Å²) in [6.07, 6.45) is 1.19. The number of amides is 1. The van der Waals surface area contributed by atoms with Crippen molar-refractivity contribution in [3.63, 3.8) is 0 Å². The molecule has 0 saturated carbocycles. The highest BCUT2D eigenvalue weighted by Gasteiger charge is 2.47. The summed E-state index contributed by atoms with van der Waals surface area (Å²) in [7, 11) is 0.0174. The Morgan fingerprint density at radius 2 is 1.81 bits per heavy atom. The fraction of sp³-hybridized carbons (Fsp3) is 0.632. The highest BCUT2D eigenvalue weighted by molar-refractivity contribution is 7.91.